The molecule has 3 aromatic rings. The molecular weight excluding hydrogens is 322 g/mol. The van der Waals surface area contributed by atoms with Crippen molar-refractivity contribution < 1.29 is 0 Å². The second-order valence-corrected chi connectivity index (χ2v) is 5.98. The third-order valence-electron chi connectivity index (χ3n) is 3.08. The van der Waals surface area contributed by atoms with Gasteiger partial charge in [-0.3, -0.25) is 10.8 Å². The van der Waals surface area contributed by atoms with Crippen LogP contribution in [0.3, 0.4) is 0 Å². The summed E-state index contributed by atoms with van der Waals surface area (Å²) < 4.78 is 1.06. The molecule has 0 aliphatic carbocycles. The number of halogens is 1. The monoisotopic (exact) mass is 333 g/mol. The van der Waals surface area contributed by atoms with E-state index in [1.807, 2.05) is 36.0 Å². The van der Waals surface area contributed by atoms with Gasteiger partial charge in [0.25, 0.3) is 0 Å². The summed E-state index contributed by atoms with van der Waals surface area (Å²) in [7, 11) is 0. The van der Waals surface area contributed by atoms with Crippen molar-refractivity contribution in [2.75, 3.05) is 0 Å². The fraction of sp³-hybridized carbons (Fsp3) is 0.0714. The van der Waals surface area contributed by atoms with Crippen LogP contribution in [0.15, 0.2) is 52.6 Å². The largest absolute Gasteiger partial charge is 0.271 e. The number of nitrogens with one attached hydrogen (secondary N) is 1. The minimum absolute atomic E-state index is 0.0621. The fourth-order valence-electron chi connectivity index (χ4n) is 2.19. The van der Waals surface area contributed by atoms with Crippen LogP contribution in [-0.2, 0) is 0 Å². The Kier molecular flexibility index (Phi) is 3.61. The van der Waals surface area contributed by atoms with Gasteiger partial charge in [0.15, 0.2) is 0 Å². The van der Waals surface area contributed by atoms with Gasteiger partial charge >= 0.3 is 0 Å². The van der Waals surface area contributed by atoms with Crippen LogP contribution >= 0.6 is 27.3 Å². The Morgan fingerprint density at radius 3 is 2.79 bits per heavy atom. The van der Waals surface area contributed by atoms with Gasteiger partial charge in [0, 0.05) is 32.7 Å². The fourth-order valence-corrected chi connectivity index (χ4v) is 3.87. The lowest BCUT2D eigenvalue weighted by atomic mass is 10.0. The van der Waals surface area contributed by atoms with E-state index in [0.717, 1.165) is 20.3 Å². The van der Waals surface area contributed by atoms with E-state index in [4.69, 9.17) is 5.84 Å². The quantitative estimate of drug-likeness (QED) is 0.568. The smallest absolute Gasteiger partial charge is 0.0834 e. The van der Waals surface area contributed by atoms with E-state index in [1.54, 1.807) is 11.3 Å². The molecule has 19 heavy (non-hydrogen) atoms. The first-order valence-corrected chi connectivity index (χ1v) is 7.50. The molecule has 0 saturated heterocycles. The zero-order valence-electron chi connectivity index (χ0n) is 10.0. The molecule has 0 saturated carbocycles. The Balaban J connectivity index is 2.20. The predicted molar refractivity (Wildman–Crippen MR) is 82.9 cm³/mol. The maximum Gasteiger partial charge on any atom is 0.0834 e. The molecule has 0 fully saturated rings. The SMILES string of the molecule is NNC(c1sccc1Br)c1cncc2ccccc12. The lowest BCUT2D eigenvalue weighted by molar-refractivity contribution is 0.647. The Hall–Kier alpha value is -1.27. The highest BCUT2D eigenvalue weighted by Crippen LogP contribution is 2.35. The van der Waals surface area contributed by atoms with Crippen LogP contribution in [0, 0.1) is 0 Å². The van der Waals surface area contributed by atoms with Crippen molar-refractivity contribution >= 4 is 38.0 Å². The molecule has 2 heterocycles. The van der Waals surface area contributed by atoms with Crippen molar-refractivity contribution in [3.63, 3.8) is 0 Å². The minimum Gasteiger partial charge on any atom is -0.271 e. The minimum atomic E-state index is -0.0621. The van der Waals surface area contributed by atoms with Crippen molar-refractivity contribution in [2.24, 2.45) is 5.84 Å². The van der Waals surface area contributed by atoms with Crippen molar-refractivity contribution in [3.8, 4) is 0 Å². The van der Waals surface area contributed by atoms with Crippen LogP contribution in [0.4, 0.5) is 0 Å². The van der Waals surface area contributed by atoms with Crippen molar-refractivity contribution in [3.05, 3.63) is 63.0 Å². The summed E-state index contributed by atoms with van der Waals surface area (Å²) >= 11 is 5.23. The molecule has 0 bridgehead atoms. The maximum atomic E-state index is 5.76. The maximum absolute atomic E-state index is 5.76. The summed E-state index contributed by atoms with van der Waals surface area (Å²) in [6, 6.07) is 10.2. The molecule has 2 aromatic heterocycles. The summed E-state index contributed by atoms with van der Waals surface area (Å²) in [5, 5.41) is 4.33. The van der Waals surface area contributed by atoms with Gasteiger partial charge in [0.05, 0.1) is 6.04 Å². The number of nitrogens with two attached hydrogens (primary N) is 1. The van der Waals surface area contributed by atoms with Crippen LogP contribution in [-0.4, -0.2) is 4.98 Å². The molecule has 3 N–H and O–H groups in total. The molecule has 1 atom stereocenters. The van der Waals surface area contributed by atoms with Gasteiger partial charge in [-0.25, -0.2) is 5.43 Å². The second kappa shape index (κ2) is 5.38. The number of aromatic nitrogens is 1. The average Bonchev–Trinajstić information content (AvgIpc) is 2.86. The summed E-state index contributed by atoms with van der Waals surface area (Å²) in [5.41, 5.74) is 3.98. The summed E-state index contributed by atoms with van der Waals surface area (Å²) in [6.45, 7) is 0. The number of hydrogen-bond donors (Lipinski definition) is 2. The van der Waals surface area contributed by atoms with Crippen LogP contribution in [0.2, 0.25) is 0 Å². The average molecular weight is 334 g/mol. The molecule has 0 radical (unpaired) electrons. The molecule has 3 nitrogen and oxygen atoms in total. The number of hydrogen-bond acceptors (Lipinski definition) is 4. The Morgan fingerprint density at radius 1 is 1.21 bits per heavy atom. The highest BCUT2D eigenvalue weighted by molar-refractivity contribution is 9.10. The highest BCUT2D eigenvalue weighted by atomic mass is 79.9. The summed E-state index contributed by atoms with van der Waals surface area (Å²) in [6.07, 6.45) is 3.74. The van der Waals surface area contributed by atoms with Crippen molar-refractivity contribution in [2.45, 2.75) is 6.04 Å². The molecule has 5 heteroatoms. The van der Waals surface area contributed by atoms with Crippen LogP contribution < -0.4 is 11.3 Å². The lowest BCUT2D eigenvalue weighted by Gasteiger charge is -2.17. The van der Waals surface area contributed by atoms with Crippen LogP contribution in [0.25, 0.3) is 10.8 Å². The van der Waals surface area contributed by atoms with Crippen molar-refractivity contribution in [1.29, 1.82) is 0 Å². The lowest BCUT2D eigenvalue weighted by Crippen LogP contribution is -2.28. The number of nitrogens with zero attached hydrogens (tertiary/aromatic N) is 1. The summed E-state index contributed by atoms with van der Waals surface area (Å²) in [4.78, 5) is 5.47. The first-order valence-electron chi connectivity index (χ1n) is 5.83. The van der Waals surface area contributed by atoms with E-state index < -0.39 is 0 Å². The molecule has 0 amide bonds. The van der Waals surface area contributed by atoms with Gasteiger partial charge in [-0.05, 0) is 32.8 Å². The Bertz CT molecular complexity index is 705. The van der Waals surface area contributed by atoms with Gasteiger partial charge in [0.2, 0.25) is 0 Å². The van der Waals surface area contributed by atoms with Crippen LogP contribution in [0.5, 0.6) is 0 Å². The number of rotatable bonds is 3. The van der Waals surface area contributed by atoms with E-state index in [2.05, 4.69) is 38.5 Å². The normalized spacial score (nSPS) is 12.7. The van der Waals surface area contributed by atoms with E-state index in [1.165, 1.54) is 5.39 Å². The summed E-state index contributed by atoms with van der Waals surface area (Å²) in [5.74, 6) is 5.76. The topological polar surface area (TPSA) is 50.9 Å². The highest BCUT2D eigenvalue weighted by Gasteiger charge is 2.19. The molecule has 1 aromatic carbocycles. The van der Waals surface area contributed by atoms with E-state index >= 15 is 0 Å². The standard InChI is InChI=1S/C14H12BrN3S/c15-12-5-6-19-14(12)13(18-16)11-8-17-7-9-3-1-2-4-10(9)11/h1-8,13,18H,16H2. The number of pyridine rings is 1. The molecule has 3 rings (SSSR count). The molecule has 0 spiro atoms. The van der Waals surface area contributed by atoms with Gasteiger partial charge in [-0.1, -0.05) is 24.3 Å². The van der Waals surface area contributed by atoms with E-state index in [-0.39, 0.29) is 6.04 Å². The third kappa shape index (κ3) is 2.30. The Morgan fingerprint density at radius 2 is 2.05 bits per heavy atom. The van der Waals surface area contributed by atoms with Crippen LogP contribution in [0.1, 0.15) is 16.5 Å². The number of fused-ring (bicyclic) bond motifs is 1. The van der Waals surface area contributed by atoms with E-state index in [9.17, 15) is 0 Å². The third-order valence-corrected chi connectivity index (χ3v) is 5.02. The number of benzene rings is 1. The zero-order valence-corrected chi connectivity index (χ0v) is 12.4. The zero-order chi connectivity index (χ0) is 13.2. The number of hydrazine groups is 1. The van der Waals surface area contributed by atoms with Gasteiger partial charge < -0.3 is 0 Å². The molecule has 1 unspecified atom stereocenters. The van der Waals surface area contributed by atoms with E-state index in [0.29, 0.717) is 0 Å². The first kappa shape index (κ1) is 12.7. The number of thiophene rings is 1. The van der Waals surface area contributed by atoms with Gasteiger partial charge in [0.1, 0.15) is 0 Å². The Labute approximate surface area is 123 Å². The predicted octanol–water partition coefficient (Wildman–Crippen LogP) is 3.61. The molecule has 0 aliphatic heterocycles. The molecule has 96 valence electrons. The van der Waals surface area contributed by atoms with Crippen molar-refractivity contribution in [1.82, 2.24) is 10.4 Å². The second-order valence-electron chi connectivity index (χ2n) is 4.18. The van der Waals surface area contributed by atoms with Gasteiger partial charge in [-0.15, -0.1) is 11.3 Å². The first-order chi connectivity index (χ1) is 9.31. The van der Waals surface area contributed by atoms with Gasteiger partial charge in [-0.2, -0.15) is 0 Å². The molecule has 0 aliphatic rings. The molecular formula is C14H12BrN3S.